The van der Waals surface area contributed by atoms with Crippen LogP contribution in [0.4, 0.5) is 5.69 Å². The summed E-state index contributed by atoms with van der Waals surface area (Å²) in [6.07, 6.45) is 2.94. The number of sulfonamides is 1. The van der Waals surface area contributed by atoms with Gasteiger partial charge in [-0.05, 0) is 80.7 Å². The summed E-state index contributed by atoms with van der Waals surface area (Å²) in [4.78, 5) is 0.151. The molecule has 4 rings (SSSR count). The van der Waals surface area contributed by atoms with Gasteiger partial charge >= 0.3 is 0 Å². The second kappa shape index (κ2) is 10.1. The highest BCUT2D eigenvalue weighted by Gasteiger charge is 2.27. The average molecular weight is 507 g/mol. The van der Waals surface area contributed by atoms with Crippen LogP contribution in [0.15, 0.2) is 40.3 Å². The van der Waals surface area contributed by atoms with Gasteiger partial charge in [0.05, 0.1) is 34.5 Å². The summed E-state index contributed by atoms with van der Waals surface area (Å²) >= 11 is 11.7. The molecule has 33 heavy (non-hydrogen) atoms. The number of benzene rings is 2. The fourth-order valence-electron chi connectivity index (χ4n) is 4.24. The van der Waals surface area contributed by atoms with E-state index >= 15 is 0 Å². The third-order valence-electron chi connectivity index (χ3n) is 5.85. The number of nitrogens with one attached hydrogen (secondary N) is 2. The molecule has 0 radical (unpaired) electrons. The van der Waals surface area contributed by atoms with Crippen molar-refractivity contribution in [1.29, 1.82) is 0 Å². The van der Waals surface area contributed by atoms with Gasteiger partial charge in [0.25, 0.3) is 0 Å². The van der Waals surface area contributed by atoms with Crippen molar-refractivity contribution < 1.29 is 13.2 Å². The van der Waals surface area contributed by atoms with E-state index in [2.05, 4.69) is 41.8 Å². The van der Waals surface area contributed by atoms with Crippen molar-refractivity contribution in [2.24, 2.45) is 5.10 Å². The van der Waals surface area contributed by atoms with E-state index in [1.54, 1.807) is 6.07 Å². The predicted molar refractivity (Wildman–Crippen MR) is 136 cm³/mol. The average Bonchev–Trinajstić information content (AvgIpc) is 2.79. The van der Waals surface area contributed by atoms with Crippen LogP contribution in [0.25, 0.3) is 0 Å². The van der Waals surface area contributed by atoms with E-state index in [1.165, 1.54) is 33.1 Å². The summed E-state index contributed by atoms with van der Waals surface area (Å²) in [5.41, 5.74) is 9.23. The number of morpholine rings is 1. The second-order valence-corrected chi connectivity index (χ2v) is 11.0. The van der Waals surface area contributed by atoms with Crippen molar-refractivity contribution in [2.75, 3.05) is 31.6 Å². The Morgan fingerprint density at radius 3 is 2.67 bits per heavy atom. The Kier molecular flexibility index (Phi) is 7.35. The molecule has 2 N–H and O–H groups in total. The molecule has 1 heterocycles. The first-order valence-electron chi connectivity index (χ1n) is 10.9. The Balaban J connectivity index is 1.50. The molecule has 0 aromatic heterocycles. The van der Waals surface area contributed by atoms with E-state index in [0.29, 0.717) is 37.0 Å². The van der Waals surface area contributed by atoms with Crippen LogP contribution in [0, 0.1) is 13.8 Å². The molecule has 1 aliphatic heterocycles. The zero-order chi connectivity index (χ0) is 23.6. The van der Waals surface area contributed by atoms with Gasteiger partial charge in [-0.1, -0.05) is 23.2 Å². The quantitative estimate of drug-likeness (QED) is 0.481. The van der Waals surface area contributed by atoms with Crippen LogP contribution in [0.5, 0.6) is 0 Å². The maximum atomic E-state index is 13.0. The number of ether oxygens (including phenoxy) is 1. The Morgan fingerprint density at radius 1 is 1.15 bits per heavy atom. The van der Waals surface area contributed by atoms with Crippen LogP contribution in [-0.4, -0.2) is 49.9 Å². The van der Waals surface area contributed by atoms with E-state index in [-0.39, 0.29) is 10.0 Å². The number of nitrogens with zero attached hydrogens (tertiary/aromatic N) is 2. The number of thiocarbonyl (C=S) groups is 1. The number of hydrogen-bond acceptors (Lipinski definition) is 5. The highest BCUT2D eigenvalue weighted by atomic mass is 35.5. The molecule has 7 nitrogen and oxygen atoms in total. The third-order valence-corrected chi connectivity index (χ3v) is 8.27. The van der Waals surface area contributed by atoms with Gasteiger partial charge in [-0.25, -0.2) is 8.42 Å². The fraction of sp³-hybridized carbons (Fsp3) is 0.391. The monoisotopic (exact) mass is 506 g/mol. The van der Waals surface area contributed by atoms with Gasteiger partial charge in [0.2, 0.25) is 10.0 Å². The van der Waals surface area contributed by atoms with Crippen LogP contribution in [-0.2, 0) is 21.2 Å². The minimum atomic E-state index is -3.64. The largest absolute Gasteiger partial charge is 0.379 e. The SMILES string of the molecule is Cc1cc(C)c2c(c1)/C(=N/NC(=S)Nc1cc(S(=O)(=O)N3CCOCC3)ccc1Cl)CCC2. The summed E-state index contributed by atoms with van der Waals surface area (Å²) in [5, 5.41) is 8.14. The number of aryl methyl sites for hydroxylation is 2. The van der Waals surface area contributed by atoms with Gasteiger partial charge in [-0.15, -0.1) is 0 Å². The smallest absolute Gasteiger partial charge is 0.243 e. The van der Waals surface area contributed by atoms with Gasteiger partial charge in [0, 0.05) is 18.7 Å². The normalized spacial score (nSPS) is 18.1. The zero-order valence-electron chi connectivity index (χ0n) is 18.7. The Bertz CT molecular complexity index is 1210. The topological polar surface area (TPSA) is 83.0 Å². The van der Waals surface area contributed by atoms with Gasteiger partial charge in [0.15, 0.2) is 5.11 Å². The summed E-state index contributed by atoms with van der Waals surface area (Å²) in [5.74, 6) is 0. The highest BCUT2D eigenvalue weighted by molar-refractivity contribution is 7.89. The molecule has 0 spiro atoms. The molecule has 2 aromatic rings. The summed E-state index contributed by atoms with van der Waals surface area (Å²) in [6.45, 7) is 5.63. The second-order valence-electron chi connectivity index (χ2n) is 8.24. The maximum absolute atomic E-state index is 13.0. The predicted octanol–water partition coefficient (Wildman–Crippen LogP) is 4.00. The molecule has 0 bridgehead atoms. The first-order chi connectivity index (χ1) is 15.8. The Morgan fingerprint density at radius 2 is 1.91 bits per heavy atom. The van der Waals surface area contributed by atoms with E-state index in [0.717, 1.165) is 30.5 Å². The molecular formula is C23H27ClN4O3S2. The van der Waals surface area contributed by atoms with E-state index in [1.807, 2.05) is 0 Å². The van der Waals surface area contributed by atoms with Crippen LogP contribution >= 0.6 is 23.8 Å². The van der Waals surface area contributed by atoms with Crippen molar-refractivity contribution in [1.82, 2.24) is 9.73 Å². The molecule has 1 saturated heterocycles. The van der Waals surface area contributed by atoms with Gasteiger partial charge in [-0.2, -0.15) is 9.41 Å². The molecule has 0 saturated carbocycles. The van der Waals surface area contributed by atoms with Crippen molar-refractivity contribution in [3.8, 4) is 0 Å². The summed E-state index contributed by atoms with van der Waals surface area (Å²) in [7, 11) is -3.64. The van der Waals surface area contributed by atoms with Crippen LogP contribution in [0.2, 0.25) is 5.02 Å². The molecular weight excluding hydrogens is 480 g/mol. The van der Waals surface area contributed by atoms with Crippen LogP contribution < -0.4 is 10.7 Å². The van der Waals surface area contributed by atoms with Crippen molar-refractivity contribution >= 4 is 50.4 Å². The lowest BCUT2D eigenvalue weighted by Crippen LogP contribution is -2.40. The number of fused-ring (bicyclic) bond motifs is 1. The maximum Gasteiger partial charge on any atom is 0.243 e. The minimum absolute atomic E-state index is 0.151. The Hall–Kier alpha value is -2.04. The molecule has 2 aromatic carbocycles. The number of hydrazone groups is 1. The molecule has 0 atom stereocenters. The van der Waals surface area contributed by atoms with Crippen LogP contribution in [0.3, 0.4) is 0 Å². The number of hydrogen-bond donors (Lipinski definition) is 2. The molecule has 0 amide bonds. The lowest BCUT2D eigenvalue weighted by Gasteiger charge is -2.26. The number of halogens is 1. The van der Waals surface area contributed by atoms with E-state index in [9.17, 15) is 8.42 Å². The molecule has 2 aliphatic rings. The number of anilines is 1. The molecule has 176 valence electrons. The summed E-state index contributed by atoms with van der Waals surface area (Å²) in [6, 6.07) is 8.90. The first-order valence-corrected chi connectivity index (χ1v) is 13.1. The number of rotatable bonds is 4. The van der Waals surface area contributed by atoms with Gasteiger partial charge < -0.3 is 10.1 Å². The van der Waals surface area contributed by atoms with E-state index in [4.69, 9.17) is 28.6 Å². The zero-order valence-corrected chi connectivity index (χ0v) is 21.0. The summed E-state index contributed by atoms with van der Waals surface area (Å²) < 4.78 is 32.6. The van der Waals surface area contributed by atoms with Crippen molar-refractivity contribution in [3.63, 3.8) is 0 Å². The minimum Gasteiger partial charge on any atom is -0.379 e. The molecule has 10 heteroatoms. The standard InChI is InChI=1S/C23H27ClN4O3S2/c1-15-12-16(2)18-4-3-5-21(19(18)13-15)26-27-23(32)25-22-14-17(6-7-20(22)24)33(29,30)28-8-10-31-11-9-28/h6-7,12-14H,3-5,8-11H2,1-2H3,(H2,25,27,32)/b26-21+. The van der Waals surface area contributed by atoms with Crippen molar-refractivity contribution in [3.05, 3.63) is 57.6 Å². The lowest BCUT2D eigenvalue weighted by molar-refractivity contribution is 0.0730. The Labute approximate surface area is 205 Å². The molecule has 1 aliphatic carbocycles. The van der Waals surface area contributed by atoms with Crippen molar-refractivity contribution in [2.45, 2.75) is 38.0 Å². The van der Waals surface area contributed by atoms with Crippen LogP contribution in [0.1, 0.15) is 35.1 Å². The lowest BCUT2D eigenvalue weighted by atomic mass is 9.86. The fourth-order valence-corrected chi connectivity index (χ4v) is 5.99. The first kappa shape index (κ1) is 24.1. The molecule has 1 fully saturated rings. The van der Waals surface area contributed by atoms with E-state index < -0.39 is 10.0 Å². The van der Waals surface area contributed by atoms with Gasteiger partial charge in [0.1, 0.15) is 0 Å². The highest BCUT2D eigenvalue weighted by Crippen LogP contribution is 2.28. The van der Waals surface area contributed by atoms with Gasteiger partial charge in [-0.3, -0.25) is 5.43 Å². The third kappa shape index (κ3) is 5.38. The molecule has 0 unspecified atom stereocenters.